The van der Waals surface area contributed by atoms with Crippen LogP contribution in [-0.2, 0) is 21.3 Å². The highest BCUT2D eigenvalue weighted by atomic mass is 32.2. The highest BCUT2D eigenvalue weighted by Gasteiger charge is 2.26. The molecule has 31 heavy (non-hydrogen) atoms. The lowest BCUT2D eigenvalue weighted by Crippen LogP contribution is -2.35. The molecule has 0 unspecified atom stereocenters. The van der Waals surface area contributed by atoms with Crippen LogP contribution < -0.4 is 4.72 Å². The van der Waals surface area contributed by atoms with Gasteiger partial charge in [0.25, 0.3) is 15.9 Å². The summed E-state index contributed by atoms with van der Waals surface area (Å²) in [6.45, 7) is 5.60. The van der Waals surface area contributed by atoms with E-state index in [0.29, 0.717) is 30.9 Å². The van der Waals surface area contributed by atoms with Crippen molar-refractivity contribution in [2.24, 2.45) is 0 Å². The van der Waals surface area contributed by atoms with E-state index in [1.54, 1.807) is 30.3 Å². The van der Waals surface area contributed by atoms with E-state index >= 15 is 0 Å². The van der Waals surface area contributed by atoms with Crippen LogP contribution in [0.25, 0.3) is 11.1 Å². The van der Waals surface area contributed by atoms with E-state index in [4.69, 9.17) is 4.74 Å². The van der Waals surface area contributed by atoms with Crippen LogP contribution in [-0.4, -0.2) is 45.5 Å². The van der Waals surface area contributed by atoms with Crippen molar-refractivity contribution in [3.63, 3.8) is 0 Å². The number of benzene rings is 2. The largest absolute Gasteiger partial charge is 0.379 e. The SMILES string of the molecule is Cc1ccc(-c2cc(CN3CCOCC3)sc2S(=O)(=O)NC(=O)c2ccccc2)cc1. The molecule has 0 spiro atoms. The number of thiophene rings is 1. The maximum absolute atomic E-state index is 13.2. The Morgan fingerprint density at radius 1 is 1.06 bits per heavy atom. The van der Waals surface area contributed by atoms with Crippen molar-refractivity contribution in [1.29, 1.82) is 0 Å². The third kappa shape index (κ3) is 5.22. The molecule has 2 aromatic carbocycles. The topological polar surface area (TPSA) is 75.7 Å². The molecular weight excluding hydrogens is 432 g/mol. The monoisotopic (exact) mass is 456 g/mol. The quantitative estimate of drug-likeness (QED) is 0.613. The summed E-state index contributed by atoms with van der Waals surface area (Å²) in [6, 6.07) is 18.0. The zero-order valence-corrected chi connectivity index (χ0v) is 18.8. The number of nitrogens with one attached hydrogen (secondary N) is 1. The van der Waals surface area contributed by atoms with Crippen LogP contribution in [0.5, 0.6) is 0 Å². The lowest BCUT2D eigenvalue weighted by molar-refractivity contribution is 0.0346. The lowest BCUT2D eigenvalue weighted by Gasteiger charge is -2.25. The van der Waals surface area contributed by atoms with Crippen LogP contribution in [0.3, 0.4) is 0 Å². The van der Waals surface area contributed by atoms with Gasteiger partial charge in [-0.1, -0.05) is 48.0 Å². The second-order valence-electron chi connectivity index (χ2n) is 7.47. The second kappa shape index (κ2) is 9.32. The highest BCUT2D eigenvalue weighted by molar-refractivity contribution is 7.92. The molecule has 0 saturated carbocycles. The number of ether oxygens (including phenoxy) is 1. The van der Waals surface area contributed by atoms with E-state index < -0.39 is 15.9 Å². The average molecular weight is 457 g/mol. The fraction of sp³-hybridized carbons (Fsp3) is 0.261. The smallest absolute Gasteiger partial charge is 0.274 e. The number of aryl methyl sites for hydroxylation is 1. The Bertz CT molecular complexity index is 1150. The summed E-state index contributed by atoms with van der Waals surface area (Å²) >= 11 is 1.21. The van der Waals surface area contributed by atoms with Crippen LogP contribution in [0.1, 0.15) is 20.8 Å². The number of hydrogen-bond donors (Lipinski definition) is 1. The summed E-state index contributed by atoms with van der Waals surface area (Å²) < 4.78 is 34.3. The van der Waals surface area contributed by atoms with Crippen LogP contribution in [0, 0.1) is 6.92 Å². The van der Waals surface area contributed by atoms with E-state index in [1.165, 1.54) is 11.3 Å². The molecular formula is C23H24N2O4S2. The van der Waals surface area contributed by atoms with Gasteiger partial charge in [-0.15, -0.1) is 11.3 Å². The number of morpholine rings is 1. The lowest BCUT2D eigenvalue weighted by atomic mass is 10.1. The average Bonchev–Trinajstić information content (AvgIpc) is 3.20. The van der Waals surface area contributed by atoms with Crippen molar-refractivity contribution in [3.05, 3.63) is 76.7 Å². The maximum Gasteiger partial charge on any atom is 0.274 e. The standard InChI is InChI=1S/C23H24N2O4S2/c1-17-7-9-18(10-8-17)21-15-20(16-25-11-13-29-14-12-25)30-23(21)31(27,28)24-22(26)19-5-3-2-4-6-19/h2-10,15H,11-14,16H2,1H3,(H,24,26). The molecule has 1 amide bonds. The Labute approximate surface area is 186 Å². The zero-order valence-electron chi connectivity index (χ0n) is 17.2. The third-order valence-electron chi connectivity index (χ3n) is 5.10. The van der Waals surface area contributed by atoms with E-state index in [1.807, 2.05) is 37.3 Å². The first-order chi connectivity index (χ1) is 14.9. The fourth-order valence-corrected chi connectivity index (χ4v) is 6.19. The number of hydrogen-bond acceptors (Lipinski definition) is 6. The van der Waals surface area contributed by atoms with Crippen molar-refractivity contribution in [2.45, 2.75) is 17.7 Å². The van der Waals surface area contributed by atoms with Crippen molar-refractivity contribution in [1.82, 2.24) is 9.62 Å². The Morgan fingerprint density at radius 3 is 2.42 bits per heavy atom. The van der Waals surface area contributed by atoms with Gasteiger partial charge in [0.2, 0.25) is 0 Å². The first-order valence-corrected chi connectivity index (χ1v) is 12.3. The fourth-order valence-electron chi connectivity index (χ4n) is 3.43. The minimum Gasteiger partial charge on any atom is -0.379 e. The van der Waals surface area contributed by atoms with Gasteiger partial charge < -0.3 is 4.74 Å². The van der Waals surface area contributed by atoms with Gasteiger partial charge in [-0.05, 0) is 30.7 Å². The molecule has 0 aliphatic carbocycles. The third-order valence-corrected chi connectivity index (χ3v) is 8.09. The van der Waals surface area contributed by atoms with Gasteiger partial charge in [-0.2, -0.15) is 0 Å². The predicted octanol–water partition coefficient (Wildman–Crippen LogP) is 3.67. The molecule has 3 aromatic rings. The molecule has 1 saturated heterocycles. The molecule has 0 radical (unpaired) electrons. The number of nitrogens with zero attached hydrogens (tertiary/aromatic N) is 1. The van der Waals surface area contributed by atoms with E-state index in [2.05, 4.69) is 9.62 Å². The Balaban J connectivity index is 1.68. The Kier molecular flexibility index (Phi) is 6.52. The van der Waals surface area contributed by atoms with Gasteiger partial charge in [-0.3, -0.25) is 9.69 Å². The van der Waals surface area contributed by atoms with Gasteiger partial charge in [0, 0.05) is 35.6 Å². The molecule has 2 heterocycles. The van der Waals surface area contributed by atoms with Crippen LogP contribution in [0.4, 0.5) is 0 Å². The molecule has 8 heteroatoms. The first kappa shape index (κ1) is 21.7. The van der Waals surface area contributed by atoms with Crippen molar-refractivity contribution in [3.8, 4) is 11.1 Å². The number of carbonyl (C=O) groups is 1. The van der Waals surface area contributed by atoms with Crippen molar-refractivity contribution >= 4 is 27.3 Å². The number of amides is 1. The van der Waals surface area contributed by atoms with Crippen LogP contribution in [0.15, 0.2) is 64.9 Å². The molecule has 1 fully saturated rings. The van der Waals surface area contributed by atoms with Gasteiger partial charge in [0.05, 0.1) is 13.2 Å². The van der Waals surface area contributed by atoms with Gasteiger partial charge in [-0.25, -0.2) is 13.1 Å². The van der Waals surface area contributed by atoms with Gasteiger partial charge in [0.15, 0.2) is 0 Å². The normalized spacial score (nSPS) is 15.0. The molecule has 1 N–H and O–H groups in total. The van der Waals surface area contributed by atoms with Gasteiger partial charge >= 0.3 is 0 Å². The van der Waals surface area contributed by atoms with Crippen molar-refractivity contribution < 1.29 is 17.9 Å². The molecule has 1 aliphatic heterocycles. The van der Waals surface area contributed by atoms with E-state index in [9.17, 15) is 13.2 Å². The number of carbonyl (C=O) groups excluding carboxylic acids is 1. The summed E-state index contributed by atoms with van der Waals surface area (Å²) in [7, 11) is -4.04. The minimum absolute atomic E-state index is 0.156. The summed E-state index contributed by atoms with van der Waals surface area (Å²) in [4.78, 5) is 15.7. The van der Waals surface area contributed by atoms with Crippen LogP contribution in [0.2, 0.25) is 0 Å². The van der Waals surface area contributed by atoms with E-state index in [-0.39, 0.29) is 4.21 Å². The number of sulfonamides is 1. The second-order valence-corrected chi connectivity index (χ2v) is 10.5. The summed E-state index contributed by atoms with van der Waals surface area (Å²) in [5.74, 6) is -0.640. The zero-order chi connectivity index (χ0) is 21.8. The first-order valence-electron chi connectivity index (χ1n) is 10.0. The minimum atomic E-state index is -4.04. The maximum atomic E-state index is 13.2. The summed E-state index contributed by atoms with van der Waals surface area (Å²) in [5, 5.41) is 0. The molecule has 1 aromatic heterocycles. The number of rotatable bonds is 6. The molecule has 1 aliphatic rings. The molecule has 4 rings (SSSR count). The molecule has 6 nitrogen and oxygen atoms in total. The summed E-state index contributed by atoms with van der Waals surface area (Å²) in [6.07, 6.45) is 0. The predicted molar refractivity (Wildman–Crippen MR) is 122 cm³/mol. The van der Waals surface area contributed by atoms with Crippen molar-refractivity contribution in [2.75, 3.05) is 26.3 Å². The highest BCUT2D eigenvalue weighted by Crippen LogP contribution is 2.36. The summed E-state index contributed by atoms with van der Waals surface area (Å²) in [5.41, 5.74) is 2.81. The molecule has 0 atom stereocenters. The van der Waals surface area contributed by atoms with E-state index in [0.717, 1.165) is 29.1 Å². The molecule has 162 valence electrons. The van der Waals surface area contributed by atoms with Gasteiger partial charge in [0.1, 0.15) is 4.21 Å². The molecule has 0 bridgehead atoms. The Morgan fingerprint density at radius 2 is 1.74 bits per heavy atom. The Hall–Kier alpha value is -2.52. The van der Waals surface area contributed by atoms with Crippen LogP contribution >= 0.6 is 11.3 Å².